The smallest absolute Gasteiger partial charge is 0.254 e. The third-order valence-corrected chi connectivity index (χ3v) is 4.00. The fourth-order valence-electron chi connectivity index (χ4n) is 2.79. The number of aromatic nitrogens is 3. The molecule has 2 aromatic heterocycles. The highest BCUT2D eigenvalue weighted by Crippen LogP contribution is 2.24. The van der Waals surface area contributed by atoms with Gasteiger partial charge in [0.25, 0.3) is 5.91 Å². The quantitative estimate of drug-likeness (QED) is 0.739. The molecule has 0 atom stereocenters. The lowest BCUT2D eigenvalue weighted by Gasteiger charge is -2.12. The number of hydrogen-bond donors (Lipinski definition) is 2. The largest absolute Gasteiger partial charge is 0.348 e. The number of nitrogens with zero attached hydrogens (tertiary/aromatic N) is 3. The van der Waals surface area contributed by atoms with Crippen molar-refractivity contribution in [2.24, 2.45) is 0 Å². The Morgan fingerprint density at radius 3 is 2.35 bits per heavy atom. The van der Waals surface area contributed by atoms with Crippen LogP contribution in [0.2, 0.25) is 0 Å². The summed E-state index contributed by atoms with van der Waals surface area (Å²) in [6, 6.07) is 7.95. The molecular formula is C20H21N5O. The van der Waals surface area contributed by atoms with Crippen LogP contribution in [0.25, 0.3) is 0 Å². The average Bonchev–Trinajstić information content (AvgIpc) is 2.64. The summed E-state index contributed by atoms with van der Waals surface area (Å²) in [4.78, 5) is 24.7. The summed E-state index contributed by atoms with van der Waals surface area (Å²) in [5.74, 6) is 0.243. The summed E-state index contributed by atoms with van der Waals surface area (Å²) < 4.78 is 0. The number of nitrogens with one attached hydrogen (secondary N) is 2. The molecule has 0 fully saturated rings. The lowest BCUT2D eigenvalue weighted by molar-refractivity contribution is 0.0950. The average molecular weight is 347 g/mol. The molecule has 1 amide bonds. The molecule has 6 nitrogen and oxygen atoms in total. The number of hydrogen-bond acceptors (Lipinski definition) is 5. The molecule has 26 heavy (non-hydrogen) atoms. The summed E-state index contributed by atoms with van der Waals surface area (Å²) in [5, 5.41) is 6.06. The van der Waals surface area contributed by atoms with Crippen LogP contribution in [0.5, 0.6) is 0 Å². The highest BCUT2D eigenvalue weighted by atomic mass is 16.1. The highest BCUT2D eigenvalue weighted by Gasteiger charge is 2.09. The van der Waals surface area contributed by atoms with E-state index in [0.29, 0.717) is 18.1 Å². The number of amides is 1. The molecule has 0 radical (unpaired) electrons. The number of carbonyl (C=O) groups excluding carboxylic acids is 1. The Kier molecular flexibility index (Phi) is 5.22. The van der Waals surface area contributed by atoms with Gasteiger partial charge in [-0.05, 0) is 43.5 Å². The van der Waals surface area contributed by atoms with Crippen molar-refractivity contribution in [3.63, 3.8) is 0 Å². The van der Waals surface area contributed by atoms with Crippen molar-refractivity contribution in [2.45, 2.75) is 27.3 Å². The van der Waals surface area contributed by atoms with E-state index in [1.165, 1.54) is 18.0 Å². The molecule has 0 saturated carbocycles. The molecule has 2 heterocycles. The molecule has 0 aliphatic heterocycles. The van der Waals surface area contributed by atoms with Gasteiger partial charge in [0.15, 0.2) is 0 Å². The van der Waals surface area contributed by atoms with Crippen LogP contribution in [-0.2, 0) is 6.54 Å². The highest BCUT2D eigenvalue weighted by molar-refractivity contribution is 5.93. The van der Waals surface area contributed by atoms with Gasteiger partial charge in [-0.15, -0.1) is 0 Å². The SMILES string of the molecule is Cc1cc(C)c(Nc2ncc(C(=O)NCc3cccnc3)cn2)c(C)c1. The first-order chi connectivity index (χ1) is 12.5. The van der Waals surface area contributed by atoms with Gasteiger partial charge in [0, 0.05) is 37.0 Å². The van der Waals surface area contributed by atoms with E-state index in [1.807, 2.05) is 26.0 Å². The molecular weight excluding hydrogens is 326 g/mol. The molecule has 0 spiro atoms. The van der Waals surface area contributed by atoms with Crippen molar-refractivity contribution in [1.82, 2.24) is 20.3 Å². The van der Waals surface area contributed by atoms with E-state index in [4.69, 9.17) is 0 Å². The summed E-state index contributed by atoms with van der Waals surface area (Å²) in [6.07, 6.45) is 6.46. The summed E-state index contributed by atoms with van der Waals surface area (Å²) in [5.41, 5.74) is 5.81. The van der Waals surface area contributed by atoms with Crippen LogP contribution < -0.4 is 10.6 Å². The van der Waals surface area contributed by atoms with Crippen LogP contribution in [0, 0.1) is 20.8 Å². The molecule has 0 aliphatic carbocycles. The number of benzene rings is 1. The first-order valence-electron chi connectivity index (χ1n) is 8.37. The van der Waals surface area contributed by atoms with Crippen molar-refractivity contribution in [2.75, 3.05) is 5.32 Å². The maximum Gasteiger partial charge on any atom is 0.254 e. The van der Waals surface area contributed by atoms with E-state index < -0.39 is 0 Å². The Balaban J connectivity index is 1.66. The van der Waals surface area contributed by atoms with Gasteiger partial charge < -0.3 is 10.6 Å². The van der Waals surface area contributed by atoms with Crippen molar-refractivity contribution in [3.8, 4) is 0 Å². The van der Waals surface area contributed by atoms with Gasteiger partial charge in [-0.3, -0.25) is 9.78 Å². The molecule has 132 valence electrons. The zero-order chi connectivity index (χ0) is 18.5. The van der Waals surface area contributed by atoms with Crippen LogP contribution >= 0.6 is 0 Å². The zero-order valence-electron chi connectivity index (χ0n) is 15.1. The van der Waals surface area contributed by atoms with E-state index in [9.17, 15) is 4.79 Å². The predicted octanol–water partition coefficient (Wildman–Crippen LogP) is 3.47. The van der Waals surface area contributed by atoms with Gasteiger partial charge in [0.05, 0.1) is 5.56 Å². The van der Waals surface area contributed by atoms with Gasteiger partial charge in [-0.1, -0.05) is 23.8 Å². The minimum Gasteiger partial charge on any atom is -0.348 e. The number of aryl methyl sites for hydroxylation is 3. The second-order valence-corrected chi connectivity index (χ2v) is 6.24. The van der Waals surface area contributed by atoms with Gasteiger partial charge in [-0.2, -0.15) is 0 Å². The van der Waals surface area contributed by atoms with E-state index in [1.54, 1.807) is 12.4 Å². The first-order valence-corrected chi connectivity index (χ1v) is 8.37. The molecule has 0 unspecified atom stereocenters. The lowest BCUT2D eigenvalue weighted by Crippen LogP contribution is -2.23. The van der Waals surface area contributed by atoms with Crippen molar-refractivity contribution in [1.29, 1.82) is 0 Å². The molecule has 1 aromatic carbocycles. The van der Waals surface area contributed by atoms with E-state index in [0.717, 1.165) is 22.4 Å². The molecule has 0 bridgehead atoms. The fraction of sp³-hybridized carbons (Fsp3) is 0.200. The fourth-order valence-corrected chi connectivity index (χ4v) is 2.79. The van der Waals surface area contributed by atoms with Crippen molar-refractivity contribution in [3.05, 3.63) is 76.9 Å². The van der Waals surface area contributed by atoms with Crippen LogP contribution in [0.1, 0.15) is 32.6 Å². The number of carbonyl (C=O) groups is 1. The first kappa shape index (κ1) is 17.5. The Bertz CT molecular complexity index is 884. The number of rotatable bonds is 5. The van der Waals surface area contributed by atoms with E-state index in [-0.39, 0.29) is 5.91 Å². The Morgan fingerprint density at radius 1 is 1.04 bits per heavy atom. The third kappa shape index (κ3) is 4.22. The van der Waals surface area contributed by atoms with E-state index >= 15 is 0 Å². The summed E-state index contributed by atoms with van der Waals surface area (Å²) in [7, 11) is 0. The molecule has 6 heteroatoms. The molecule has 2 N–H and O–H groups in total. The van der Waals surface area contributed by atoms with Crippen LogP contribution in [0.15, 0.2) is 49.1 Å². The van der Waals surface area contributed by atoms with Crippen molar-refractivity contribution < 1.29 is 4.79 Å². The lowest BCUT2D eigenvalue weighted by atomic mass is 10.1. The Morgan fingerprint density at radius 2 is 1.73 bits per heavy atom. The minimum atomic E-state index is -0.219. The summed E-state index contributed by atoms with van der Waals surface area (Å²) >= 11 is 0. The number of anilines is 2. The Hall–Kier alpha value is -3.28. The minimum absolute atomic E-state index is 0.219. The zero-order valence-corrected chi connectivity index (χ0v) is 15.1. The second kappa shape index (κ2) is 7.74. The maximum absolute atomic E-state index is 12.2. The van der Waals surface area contributed by atoms with Crippen LogP contribution in [0.4, 0.5) is 11.6 Å². The predicted molar refractivity (Wildman–Crippen MR) is 101 cm³/mol. The second-order valence-electron chi connectivity index (χ2n) is 6.24. The standard InChI is InChI=1S/C20H21N5O/c1-13-7-14(2)18(15(3)8-13)25-20-23-11-17(12-24-20)19(26)22-10-16-5-4-6-21-9-16/h4-9,11-12H,10H2,1-3H3,(H,22,26)(H,23,24,25). The van der Waals surface area contributed by atoms with Gasteiger partial charge >= 0.3 is 0 Å². The molecule has 0 aliphatic rings. The van der Waals surface area contributed by atoms with Gasteiger partial charge in [0.2, 0.25) is 5.95 Å². The summed E-state index contributed by atoms with van der Waals surface area (Å²) in [6.45, 7) is 6.57. The third-order valence-electron chi connectivity index (χ3n) is 4.00. The number of pyridine rings is 1. The van der Waals surface area contributed by atoms with Gasteiger partial charge in [0.1, 0.15) is 0 Å². The topological polar surface area (TPSA) is 79.8 Å². The molecule has 3 rings (SSSR count). The van der Waals surface area contributed by atoms with Crippen LogP contribution in [0.3, 0.4) is 0 Å². The maximum atomic E-state index is 12.2. The van der Waals surface area contributed by atoms with Crippen molar-refractivity contribution >= 4 is 17.5 Å². The molecule has 3 aromatic rings. The molecule has 0 saturated heterocycles. The van der Waals surface area contributed by atoms with E-state index in [2.05, 4.69) is 44.6 Å². The van der Waals surface area contributed by atoms with Gasteiger partial charge in [-0.25, -0.2) is 9.97 Å². The monoisotopic (exact) mass is 347 g/mol. The normalized spacial score (nSPS) is 10.4. The van der Waals surface area contributed by atoms with Crippen LogP contribution in [-0.4, -0.2) is 20.9 Å². The Labute approximate surface area is 152 Å².